The molecule has 3 aliphatic rings. The van der Waals surface area contributed by atoms with E-state index in [1.165, 1.54) is 17.9 Å². The number of fused-ring (bicyclic) bond motifs is 1. The van der Waals surface area contributed by atoms with Crippen LogP contribution in [0.4, 0.5) is 14.9 Å². The maximum atomic E-state index is 15.1. The van der Waals surface area contributed by atoms with Crippen LogP contribution in [0.2, 0.25) is 0 Å². The second-order valence-corrected chi connectivity index (χ2v) is 8.99. The third kappa shape index (κ3) is 4.69. The van der Waals surface area contributed by atoms with Gasteiger partial charge < -0.3 is 10.1 Å². The van der Waals surface area contributed by atoms with Crippen LogP contribution in [0.25, 0.3) is 11.1 Å². The SMILES string of the molecule is CC(=O)NC[C@H]1CN(c2ccc(-c3ccc4c(c3)CCC4C(=O)CC3=CN[NH2+]N3)c(F)c2)C(=O)O1. The first-order valence-corrected chi connectivity index (χ1v) is 11.6. The highest BCUT2D eigenvalue weighted by molar-refractivity contribution is 5.91. The third-order valence-corrected chi connectivity index (χ3v) is 6.60. The monoisotopic (exact) mass is 480 g/mol. The summed E-state index contributed by atoms with van der Waals surface area (Å²) >= 11 is 0. The number of quaternary nitrogens is 1. The molecular formula is C25H27FN5O4+. The van der Waals surface area contributed by atoms with Crippen LogP contribution < -0.4 is 26.6 Å². The van der Waals surface area contributed by atoms with Gasteiger partial charge in [-0.3, -0.25) is 14.5 Å². The lowest BCUT2D eigenvalue weighted by Gasteiger charge is -2.15. The van der Waals surface area contributed by atoms with Gasteiger partial charge in [0, 0.05) is 18.4 Å². The van der Waals surface area contributed by atoms with Gasteiger partial charge in [-0.2, -0.15) is 5.53 Å². The number of amides is 2. The van der Waals surface area contributed by atoms with Crippen molar-refractivity contribution >= 4 is 23.5 Å². The van der Waals surface area contributed by atoms with Crippen molar-refractivity contribution in [3.8, 4) is 11.1 Å². The molecule has 5 rings (SSSR count). The number of ketones is 1. The van der Waals surface area contributed by atoms with Crippen molar-refractivity contribution in [2.75, 3.05) is 18.0 Å². The van der Waals surface area contributed by atoms with Crippen molar-refractivity contribution < 1.29 is 29.0 Å². The Kier molecular flexibility index (Phi) is 6.12. The third-order valence-electron chi connectivity index (χ3n) is 6.60. The number of aryl methyl sites for hydroxylation is 1. The second kappa shape index (κ2) is 9.38. The number of nitrogens with zero attached hydrogens (tertiary/aromatic N) is 1. The fraction of sp³-hybridized carbons (Fsp3) is 0.320. The molecule has 0 aromatic heterocycles. The summed E-state index contributed by atoms with van der Waals surface area (Å²) in [5.74, 6) is -0.647. The Morgan fingerprint density at radius 2 is 2.11 bits per heavy atom. The van der Waals surface area contributed by atoms with Gasteiger partial charge in [0.2, 0.25) is 5.91 Å². The first-order chi connectivity index (χ1) is 16.9. The Hall–Kier alpha value is -3.92. The Morgan fingerprint density at radius 3 is 2.86 bits per heavy atom. The van der Waals surface area contributed by atoms with Gasteiger partial charge >= 0.3 is 6.09 Å². The fourth-order valence-corrected chi connectivity index (χ4v) is 4.85. The number of hydrogen-bond acceptors (Lipinski definition) is 6. The van der Waals surface area contributed by atoms with E-state index in [-0.39, 0.29) is 30.7 Å². The lowest BCUT2D eigenvalue weighted by molar-refractivity contribution is -0.739. The zero-order valence-corrected chi connectivity index (χ0v) is 19.3. The molecule has 1 saturated heterocycles. The van der Waals surface area contributed by atoms with Gasteiger partial charge in [-0.15, -0.1) is 0 Å². The number of nitrogens with one attached hydrogen (secondary N) is 3. The molecular weight excluding hydrogens is 453 g/mol. The van der Waals surface area contributed by atoms with Gasteiger partial charge in [0.25, 0.3) is 0 Å². The number of allylic oxidation sites excluding steroid dienone is 1. The average Bonchev–Trinajstić information content (AvgIpc) is 3.57. The highest BCUT2D eigenvalue weighted by Crippen LogP contribution is 2.38. The van der Waals surface area contributed by atoms with Gasteiger partial charge in [0.1, 0.15) is 17.7 Å². The Labute approximate surface area is 201 Å². The topological polar surface area (TPSA) is 116 Å². The fourth-order valence-electron chi connectivity index (χ4n) is 4.85. The highest BCUT2D eigenvalue weighted by atomic mass is 19.1. The van der Waals surface area contributed by atoms with Crippen molar-refractivity contribution in [3.05, 3.63) is 65.2 Å². The molecule has 0 saturated carbocycles. The van der Waals surface area contributed by atoms with Gasteiger partial charge in [-0.1, -0.05) is 18.2 Å². The molecule has 0 radical (unpaired) electrons. The number of halogens is 1. The Morgan fingerprint density at radius 1 is 1.26 bits per heavy atom. The molecule has 182 valence electrons. The van der Waals surface area contributed by atoms with E-state index in [9.17, 15) is 14.4 Å². The van der Waals surface area contributed by atoms with E-state index in [1.807, 2.05) is 18.2 Å². The van der Waals surface area contributed by atoms with Gasteiger partial charge in [-0.25, -0.2) is 20.0 Å². The average molecular weight is 481 g/mol. The zero-order valence-electron chi connectivity index (χ0n) is 19.3. The van der Waals surface area contributed by atoms with Crippen LogP contribution in [0.5, 0.6) is 0 Å². The molecule has 5 N–H and O–H groups in total. The minimum Gasteiger partial charge on any atom is -0.442 e. The van der Waals surface area contributed by atoms with Crippen LogP contribution in [0.15, 0.2) is 48.3 Å². The van der Waals surface area contributed by atoms with Gasteiger partial charge in [-0.05, 0) is 47.7 Å². The lowest BCUT2D eigenvalue weighted by atomic mass is 9.92. The number of cyclic esters (lactones) is 1. The molecule has 0 spiro atoms. The second-order valence-electron chi connectivity index (χ2n) is 8.99. The molecule has 10 heteroatoms. The summed E-state index contributed by atoms with van der Waals surface area (Å²) in [6.45, 7) is 1.83. The number of Topliss-reactive ketones (excluding diaryl/α,β-unsaturated/α-hetero) is 1. The van der Waals surface area contributed by atoms with Gasteiger partial charge in [0.15, 0.2) is 0 Å². The molecule has 9 nitrogen and oxygen atoms in total. The van der Waals surface area contributed by atoms with Crippen LogP contribution in [0.3, 0.4) is 0 Å². The number of ether oxygens (including phenoxy) is 1. The van der Waals surface area contributed by atoms with E-state index < -0.39 is 18.0 Å². The summed E-state index contributed by atoms with van der Waals surface area (Å²) in [5.41, 5.74) is 12.1. The molecule has 1 fully saturated rings. The van der Waals surface area contributed by atoms with E-state index in [2.05, 4.69) is 16.2 Å². The summed E-state index contributed by atoms with van der Waals surface area (Å²) in [5, 5.41) is 2.62. The molecule has 0 bridgehead atoms. The zero-order chi connectivity index (χ0) is 24.5. The van der Waals surface area contributed by atoms with E-state index in [1.54, 1.807) is 23.9 Å². The van der Waals surface area contributed by atoms with Crippen molar-refractivity contribution in [1.82, 2.24) is 16.2 Å². The van der Waals surface area contributed by atoms with E-state index in [0.29, 0.717) is 17.7 Å². The number of nitrogens with two attached hydrogens (primary N) is 1. The molecule has 2 aliphatic heterocycles. The molecule has 2 amide bonds. The summed E-state index contributed by atoms with van der Waals surface area (Å²) < 4.78 is 20.4. The Balaban J connectivity index is 1.30. The highest BCUT2D eigenvalue weighted by Gasteiger charge is 2.33. The van der Waals surface area contributed by atoms with Crippen molar-refractivity contribution in [2.45, 2.75) is 38.2 Å². The van der Waals surface area contributed by atoms with Crippen molar-refractivity contribution in [2.24, 2.45) is 0 Å². The molecule has 35 heavy (non-hydrogen) atoms. The standard InChI is InChI=1S/C25H26FN5O4/c1-14(32)27-12-19-13-31(25(34)35-19)18-4-7-21(23(26)10-18)16-2-5-20-15(8-16)3-6-22(20)24(33)9-17-11-28-30-29-17/h2,4-5,7-8,10-11,19,22,28-30H,3,6,9,12-13H2,1H3,(H,27,32)/p+1/t19-,22?/m0/s1. The van der Waals surface area contributed by atoms with Gasteiger partial charge in [0.05, 0.1) is 37.1 Å². The maximum absolute atomic E-state index is 15.1. The van der Waals surface area contributed by atoms with Crippen LogP contribution in [-0.4, -0.2) is 37.0 Å². The molecule has 2 atom stereocenters. The largest absolute Gasteiger partial charge is 0.442 e. The minimum absolute atomic E-state index is 0.152. The molecule has 2 aromatic carbocycles. The van der Waals surface area contributed by atoms with Crippen LogP contribution in [0, 0.1) is 5.82 Å². The normalized spacial score (nSPS) is 20.6. The molecule has 2 heterocycles. The predicted molar refractivity (Wildman–Crippen MR) is 125 cm³/mol. The van der Waals surface area contributed by atoms with Crippen LogP contribution >= 0.6 is 0 Å². The summed E-state index contributed by atoms with van der Waals surface area (Å²) in [4.78, 5) is 37.5. The molecule has 1 aliphatic carbocycles. The lowest BCUT2D eigenvalue weighted by Crippen LogP contribution is -2.96. The first-order valence-electron chi connectivity index (χ1n) is 11.6. The summed E-state index contributed by atoms with van der Waals surface area (Å²) in [6.07, 6.45) is 2.59. The smallest absolute Gasteiger partial charge is 0.414 e. The number of benzene rings is 2. The van der Waals surface area contributed by atoms with Crippen molar-refractivity contribution in [3.63, 3.8) is 0 Å². The number of anilines is 1. The maximum Gasteiger partial charge on any atom is 0.414 e. The number of carbonyl (C=O) groups excluding carboxylic acids is 3. The first kappa shape index (κ1) is 22.9. The Bertz CT molecular complexity index is 1230. The summed E-state index contributed by atoms with van der Waals surface area (Å²) in [6, 6.07) is 10.4. The quantitative estimate of drug-likeness (QED) is 0.445. The predicted octanol–water partition coefficient (Wildman–Crippen LogP) is 1.37. The van der Waals surface area contributed by atoms with E-state index in [0.717, 1.165) is 35.2 Å². The molecule has 1 unspecified atom stereocenters. The number of rotatable bonds is 7. The number of hydrogen-bond donors (Lipinski definition) is 4. The van der Waals surface area contributed by atoms with E-state index in [4.69, 9.17) is 4.74 Å². The van der Waals surface area contributed by atoms with E-state index >= 15 is 4.39 Å². The molecule has 2 aromatic rings. The van der Waals surface area contributed by atoms with Crippen molar-refractivity contribution in [1.29, 1.82) is 0 Å². The number of carbonyl (C=O) groups is 3. The minimum atomic E-state index is -0.571. The summed E-state index contributed by atoms with van der Waals surface area (Å²) in [7, 11) is 0. The van der Waals surface area contributed by atoms with Crippen LogP contribution in [-0.2, 0) is 20.7 Å². The van der Waals surface area contributed by atoms with Crippen LogP contribution in [0.1, 0.15) is 36.8 Å².